The molecule has 8 nitrogen and oxygen atoms in total. The molecule has 0 aliphatic carbocycles. The highest BCUT2D eigenvalue weighted by Gasteiger charge is 2.31. The van der Waals surface area contributed by atoms with Gasteiger partial charge >= 0.3 is 0 Å². The number of nitrogens with one attached hydrogen (secondary N) is 2. The maximum atomic E-state index is 12.7. The van der Waals surface area contributed by atoms with Crippen LogP contribution >= 0.6 is 0 Å². The third-order valence-corrected chi connectivity index (χ3v) is 4.87. The van der Waals surface area contributed by atoms with Crippen LogP contribution in [0, 0.1) is 0 Å². The topological polar surface area (TPSA) is 95.9 Å². The van der Waals surface area contributed by atoms with Crippen molar-refractivity contribution in [3.8, 4) is 11.3 Å². The molecule has 2 amide bonds. The van der Waals surface area contributed by atoms with Gasteiger partial charge in [0.15, 0.2) is 5.65 Å². The number of aryl methyl sites for hydroxylation is 1. The first-order chi connectivity index (χ1) is 12.6. The van der Waals surface area contributed by atoms with Crippen LogP contribution < -0.4 is 5.32 Å². The second-order valence-corrected chi connectivity index (χ2v) is 6.54. The Balaban J connectivity index is 1.69. The summed E-state index contributed by atoms with van der Waals surface area (Å²) < 4.78 is 1.68. The quantitative estimate of drug-likeness (QED) is 0.753. The number of likely N-dealkylation sites (tertiary alicyclic amines) is 1. The fourth-order valence-electron chi connectivity index (χ4n) is 3.43. The summed E-state index contributed by atoms with van der Waals surface area (Å²) in [6.45, 7) is 0. The molecule has 1 aliphatic heterocycles. The van der Waals surface area contributed by atoms with Gasteiger partial charge in [-0.2, -0.15) is 10.2 Å². The number of amides is 2. The Labute approximate surface area is 150 Å². The third-order valence-electron chi connectivity index (χ3n) is 4.87. The molecule has 1 aliphatic rings. The van der Waals surface area contributed by atoms with Gasteiger partial charge in [0.05, 0.1) is 5.39 Å². The number of hydrogen-bond donors (Lipinski definition) is 2. The van der Waals surface area contributed by atoms with Crippen LogP contribution in [0.3, 0.4) is 0 Å². The van der Waals surface area contributed by atoms with E-state index in [1.54, 1.807) is 11.7 Å². The molecule has 0 spiro atoms. The summed E-state index contributed by atoms with van der Waals surface area (Å²) in [6, 6.07) is 9.29. The summed E-state index contributed by atoms with van der Waals surface area (Å²) in [4.78, 5) is 26.1. The standard InChI is InChI=1S/C18H20N6O2/c1-23-12(9-6-10-13(23)25)18(26)19-16-14-15(11-7-4-3-5-8-11)22-24(2)17(14)21-20-16/h3-5,7-8,12H,6,9-10H2,1-2H3,(H2,19,20,21,26). The Morgan fingerprint density at radius 2 is 2.04 bits per heavy atom. The highest BCUT2D eigenvalue weighted by atomic mass is 16.2. The zero-order chi connectivity index (χ0) is 18.3. The second-order valence-electron chi connectivity index (χ2n) is 6.54. The number of anilines is 1. The van der Waals surface area contributed by atoms with Gasteiger partial charge < -0.3 is 10.2 Å². The van der Waals surface area contributed by atoms with Crippen LogP contribution in [0.1, 0.15) is 19.3 Å². The molecule has 1 unspecified atom stereocenters. The van der Waals surface area contributed by atoms with Crippen molar-refractivity contribution in [2.75, 3.05) is 12.4 Å². The van der Waals surface area contributed by atoms with Gasteiger partial charge in [-0.25, -0.2) is 4.68 Å². The monoisotopic (exact) mass is 352 g/mol. The van der Waals surface area contributed by atoms with E-state index < -0.39 is 6.04 Å². The van der Waals surface area contributed by atoms with Gasteiger partial charge in [-0.1, -0.05) is 30.3 Å². The summed E-state index contributed by atoms with van der Waals surface area (Å²) in [5.41, 5.74) is 2.35. The molecular weight excluding hydrogens is 332 g/mol. The van der Waals surface area contributed by atoms with E-state index in [2.05, 4.69) is 20.6 Å². The molecule has 3 aromatic rings. The normalized spacial score (nSPS) is 17.7. The van der Waals surface area contributed by atoms with Crippen molar-refractivity contribution in [2.45, 2.75) is 25.3 Å². The highest BCUT2D eigenvalue weighted by molar-refractivity contribution is 6.06. The van der Waals surface area contributed by atoms with E-state index in [1.165, 1.54) is 4.90 Å². The van der Waals surface area contributed by atoms with Crippen molar-refractivity contribution in [3.63, 3.8) is 0 Å². The lowest BCUT2D eigenvalue weighted by molar-refractivity contribution is -0.140. The summed E-state index contributed by atoms with van der Waals surface area (Å²) in [5.74, 6) is 0.287. The van der Waals surface area contributed by atoms with Gasteiger partial charge in [-0.3, -0.25) is 14.7 Å². The lowest BCUT2D eigenvalue weighted by Crippen LogP contribution is -2.47. The molecule has 1 aromatic carbocycles. The first-order valence-corrected chi connectivity index (χ1v) is 8.59. The molecule has 2 aromatic heterocycles. The minimum atomic E-state index is -0.466. The van der Waals surface area contributed by atoms with Crippen molar-refractivity contribution in [3.05, 3.63) is 30.3 Å². The predicted molar refractivity (Wildman–Crippen MR) is 97.3 cm³/mol. The largest absolute Gasteiger partial charge is 0.334 e. The molecule has 1 fully saturated rings. The van der Waals surface area contributed by atoms with E-state index in [1.807, 2.05) is 37.4 Å². The van der Waals surface area contributed by atoms with Gasteiger partial charge in [-0.05, 0) is 12.8 Å². The Morgan fingerprint density at radius 3 is 2.81 bits per heavy atom. The van der Waals surface area contributed by atoms with E-state index in [9.17, 15) is 9.59 Å². The van der Waals surface area contributed by atoms with Crippen LogP contribution in [-0.4, -0.2) is 49.8 Å². The van der Waals surface area contributed by atoms with E-state index in [4.69, 9.17) is 0 Å². The lowest BCUT2D eigenvalue weighted by atomic mass is 10.0. The first kappa shape index (κ1) is 16.3. The van der Waals surface area contributed by atoms with Crippen LogP contribution in [0.15, 0.2) is 30.3 Å². The van der Waals surface area contributed by atoms with Gasteiger partial charge in [0.25, 0.3) is 0 Å². The lowest BCUT2D eigenvalue weighted by Gasteiger charge is -2.31. The van der Waals surface area contributed by atoms with Crippen LogP contribution in [-0.2, 0) is 16.6 Å². The predicted octanol–water partition coefficient (Wildman–Crippen LogP) is 1.91. The van der Waals surface area contributed by atoms with E-state index in [0.29, 0.717) is 24.3 Å². The van der Waals surface area contributed by atoms with E-state index >= 15 is 0 Å². The van der Waals surface area contributed by atoms with Crippen molar-refractivity contribution in [1.82, 2.24) is 24.9 Å². The average molecular weight is 352 g/mol. The molecule has 0 saturated carbocycles. The smallest absolute Gasteiger partial charge is 0.248 e. The fraction of sp³-hybridized carbons (Fsp3) is 0.333. The highest BCUT2D eigenvalue weighted by Crippen LogP contribution is 2.32. The summed E-state index contributed by atoms with van der Waals surface area (Å²) >= 11 is 0. The maximum Gasteiger partial charge on any atom is 0.248 e. The molecule has 1 atom stereocenters. The van der Waals surface area contributed by atoms with Crippen LogP contribution in [0.4, 0.5) is 5.82 Å². The van der Waals surface area contributed by atoms with E-state index in [0.717, 1.165) is 23.1 Å². The molecule has 0 radical (unpaired) electrons. The van der Waals surface area contributed by atoms with E-state index in [-0.39, 0.29) is 11.8 Å². The Morgan fingerprint density at radius 1 is 1.27 bits per heavy atom. The molecule has 134 valence electrons. The number of H-pyrrole nitrogens is 1. The van der Waals surface area contributed by atoms with Crippen LogP contribution in [0.5, 0.6) is 0 Å². The third kappa shape index (κ3) is 2.63. The summed E-state index contributed by atoms with van der Waals surface area (Å²) in [5, 5.41) is 15.4. The number of hydrogen-bond acceptors (Lipinski definition) is 4. The number of piperidine rings is 1. The van der Waals surface area contributed by atoms with Crippen molar-refractivity contribution < 1.29 is 9.59 Å². The minimum Gasteiger partial charge on any atom is -0.334 e. The Hall–Kier alpha value is -3.16. The van der Waals surface area contributed by atoms with Gasteiger partial charge in [0, 0.05) is 26.1 Å². The molecule has 8 heteroatoms. The van der Waals surface area contributed by atoms with Crippen LogP contribution in [0.25, 0.3) is 22.3 Å². The van der Waals surface area contributed by atoms with Crippen molar-refractivity contribution in [2.24, 2.45) is 7.05 Å². The Bertz CT molecular complexity index is 974. The van der Waals surface area contributed by atoms with Crippen molar-refractivity contribution >= 4 is 28.7 Å². The summed E-state index contributed by atoms with van der Waals surface area (Å²) in [6.07, 6.45) is 1.88. The molecule has 26 heavy (non-hydrogen) atoms. The number of nitrogens with zero attached hydrogens (tertiary/aromatic N) is 4. The summed E-state index contributed by atoms with van der Waals surface area (Å²) in [7, 11) is 3.49. The molecule has 0 bridgehead atoms. The Kier molecular flexibility index (Phi) is 3.95. The maximum absolute atomic E-state index is 12.7. The number of likely N-dealkylation sites (N-methyl/N-ethyl adjacent to an activating group) is 1. The molecule has 4 rings (SSSR count). The number of benzene rings is 1. The zero-order valence-electron chi connectivity index (χ0n) is 14.7. The first-order valence-electron chi connectivity index (χ1n) is 8.59. The fourth-order valence-corrected chi connectivity index (χ4v) is 3.43. The number of aromatic nitrogens is 4. The second kappa shape index (κ2) is 6.29. The zero-order valence-corrected chi connectivity index (χ0v) is 14.7. The van der Waals surface area contributed by atoms with Crippen molar-refractivity contribution in [1.29, 1.82) is 0 Å². The van der Waals surface area contributed by atoms with Gasteiger partial charge in [-0.15, -0.1) is 0 Å². The molecule has 1 saturated heterocycles. The average Bonchev–Trinajstić information content (AvgIpc) is 3.20. The molecule has 2 N–H and O–H groups in total. The molecular formula is C18H20N6O2. The minimum absolute atomic E-state index is 0.00231. The number of carbonyl (C=O) groups excluding carboxylic acids is 2. The SMILES string of the molecule is CN1C(=O)CCCC1C(=O)Nc1[nH]nc2c1c(-c1ccccc1)nn2C. The number of fused-ring (bicyclic) bond motifs is 1. The van der Waals surface area contributed by atoms with Crippen LogP contribution in [0.2, 0.25) is 0 Å². The number of carbonyl (C=O) groups is 2. The number of aromatic amines is 1. The van der Waals surface area contributed by atoms with Gasteiger partial charge in [0.2, 0.25) is 11.8 Å². The number of rotatable bonds is 3. The van der Waals surface area contributed by atoms with Gasteiger partial charge in [0.1, 0.15) is 17.6 Å². The molecule has 3 heterocycles.